The van der Waals surface area contributed by atoms with Gasteiger partial charge in [-0.15, -0.1) is 0 Å². The van der Waals surface area contributed by atoms with Gasteiger partial charge in [0.25, 0.3) is 0 Å². The lowest BCUT2D eigenvalue weighted by Crippen LogP contribution is -2.52. The van der Waals surface area contributed by atoms with Gasteiger partial charge in [0.2, 0.25) is 11.8 Å². The van der Waals surface area contributed by atoms with Crippen LogP contribution in [0.1, 0.15) is 18.5 Å². The smallest absolute Gasteiger partial charge is 0.244 e. The molecule has 1 aromatic heterocycles. The SMILES string of the molecule is COc1ccccc1C1CN(C(C)=O)CCN1C(=O)Cn1cccn1. The molecule has 1 fully saturated rings. The van der Waals surface area contributed by atoms with Gasteiger partial charge in [0.1, 0.15) is 12.3 Å². The highest BCUT2D eigenvalue weighted by atomic mass is 16.5. The molecule has 0 radical (unpaired) electrons. The van der Waals surface area contributed by atoms with E-state index in [0.29, 0.717) is 19.6 Å². The lowest BCUT2D eigenvalue weighted by Gasteiger charge is -2.41. The average Bonchev–Trinajstić information content (AvgIpc) is 3.14. The molecule has 7 heteroatoms. The van der Waals surface area contributed by atoms with Crippen LogP contribution in [0.5, 0.6) is 5.75 Å². The summed E-state index contributed by atoms with van der Waals surface area (Å²) in [5.41, 5.74) is 0.907. The van der Waals surface area contributed by atoms with E-state index in [2.05, 4.69) is 5.10 Å². The molecule has 25 heavy (non-hydrogen) atoms. The molecule has 0 saturated carbocycles. The second-order valence-corrected chi connectivity index (χ2v) is 6.01. The summed E-state index contributed by atoms with van der Waals surface area (Å²) in [6.07, 6.45) is 3.42. The Kier molecular flexibility index (Phi) is 5.02. The number of amides is 2. The van der Waals surface area contributed by atoms with E-state index in [4.69, 9.17) is 4.74 Å². The molecule has 0 aliphatic carbocycles. The molecular formula is C18H22N4O3. The van der Waals surface area contributed by atoms with Crippen LogP contribution < -0.4 is 4.74 Å². The highest BCUT2D eigenvalue weighted by Gasteiger charge is 2.34. The van der Waals surface area contributed by atoms with Crippen LogP contribution in [0.25, 0.3) is 0 Å². The van der Waals surface area contributed by atoms with Crippen LogP contribution in [0, 0.1) is 0 Å². The van der Waals surface area contributed by atoms with E-state index in [1.165, 1.54) is 0 Å². The van der Waals surface area contributed by atoms with Crippen LogP contribution in [0.3, 0.4) is 0 Å². The van der Waals surface area contributed by atoms with Gasteiger partial charge in [-0.3, -0.25) is 14.3 Å². The van der Waals surface area contributed by atoms with Crippen molar-refractivity contribution in [2.24, 2.45) is 0 Å². The first kappa shape index (κ1) is 17.0. The van der Waals surface area contributed by atoms with Crippen molar-refractivity contribution < 1.29 is 14.3 Å². The van der Waals surface area contributed by atoms with Crippen molar-refractivity contribution in [2.45, 2.75) is 19.5 Å². The second-order valence-electron chi connectivity index (χ2n) is 6.01. The molecular weight excluding hydrogens is 320 g/mol. The van der Waals surface area contributed by atoms with Gasteiger partial charge in [0, 0.05) is 44.5 Å². The first-order chi connectivity index (χ1) is 12.1. The Balaban J connectivity index is 1.89. The number of nitrogens with zero attached hydrogens (tertiary/aromatic N) is 4. The number of rotatable bonds is 4. The van der Waals surface area contributed by atoms with Crippen LogP contribution in [0.4, 0.5) is 0 Å². The molecule has 1 aromatic carbocycles. The summed E-state index contributed by atoms with van der Waals surface area (Å²) in [5, 5.41) is 4.11. The fourth-order valence-electron chi connectivity index (χ4n) is 3.20. The molecule has 1 atom stereocenters. The number of ether oxygens (including phenoxy) is 1. The third-order valence-corrected chi connectivity index (χ3v) is 4.50. The van der Waals surface area contributed by atoms with Crippen molar-refractivity contribution in [3.05, 3.63) is 48.3 Å². The maximum atomic E-state index is 12.8. The van der Waals surface area contributed by atoms with Gasteiger partial charge in [-0.1, -0.05) is 18.2 Å². The minimum Gasteiger partial charge on any atom is -0.496 e. The third kappa shape index (κ3) is 3.65. The van der Waals surface area contributed by atoms with Gasteiger partial charge < -0.3 is 14.5 Å². The van der Waals surface area contributed by atoms with Gasteiger partial charge in [0.15, 0.2) is 0 Å². The van der Waals surface area contributed by atoms with E-state index in [1.807, 2.05) is 29.2 Å². The fraction of sp³-hybridized carbons (Fsp3) is 0.389. The maximum Gasteiger partial charge on any atom is 0.244 e. The number of carbonyl (C=O) groups excluding carboxylic acids is 2. The van der Waals surface area contributed by atoms with Crippen molar-refractivity contribution in [3.63, 3.8) is 0 Å². The Morgan fingerprint density at radius 1 is 1.24 bits per heavy atom. The number of carbonyl (C=O) groups is 2. The van der Waals surface area contributed by atoms with E-state index in [9.17, 15) is 9.59 Å². The predicted octanol–water partition coefficient (Wildman–Crippen LogP) is 1.32. The first-order valence-electron chi connectivity index (χ1n) is 8.25. The van der Waals surface area contributed by atoms with Crippen LogP contribution in [0.15, 0.2) is 42.7 Å². The molecule has 2 amide bonds. The van der Waals surface area contributed by atoms with E-state index in [0.717, 1.165) is 11.3 Å². The summed E-state index contributed by atoms with van der Waals surface area (Å²) in [5.74, 6) is 0.705. The fourth-order valence-corrected chi connectivity index (χ4v) is 3.20. The summed E-state index contributed by atoms with van der Waals surface area (Å²) in [4.78, 5) is 28.3. The number of piperazine rings is 1. The predicted molar refractivity (Wildman–Crippen MR) is 91.9 cm³/mol. The zero-order valence-electron chi connectivity index (χ0n) is 14.5. The molecule has 0 N–H and O–H groups in total. The van der Waals surface area contributed by atoms with E-state index < -0.39 is 0 Å². The lowest BCUT2D eigenvalue weighted by molar-refractivity contribution is -0.142. The number of hydrogen-bond acceptors (Lipinski definition) is 4. The molecule has 2 heterocycles. The summed E-state index contributed by atoms with van der Waals surface area (Å²) >= 11 is 0. The largest absolute Gasteiger partial charge is 0.496 e. The standard InChI is InChI=1S/C18H22N4O3/c1-14(23)20-10-11-22(18(24)13-21-9-5-8-19-21)16(12-20)15-6-3-4-7-17(15)25-2/h3-9,16H,10-13H2,1-2H3. The lowest BCUT2D eigenvalue weighted by atomic mass is 10.0. The van der Waals surface area contributed by atoms with Crippen molar-refractivity contribution in [1.82, 2.24) is 19.6 Å². The maximum absolute atomic E-state index is 12.8. The minimum absolute atomic E-state index is 0.0130. The number of aromatic nitrogens is 2. The summed E-state index contributed by atoms with van der Waals surface area (Å²) in [6, 6.07) is 9.18. The molecule has 1 aliphatic rings. The van der Waals surface area contributed by atoms with Gasteiger partial charge in [-0.25, -0.2) is 0 Å². The van der Waals surface area contributed by atoms with Crippen molar-refractivity contribution in [3.8, 4) is 5.75 Å². The van der Waals surface area contributed by atoms with Gasteiger partial charge in [0.05, 0.1) is 13.2 Å². The molecule has 3 rings (SSSR count). The van der Waals surface area contributed by atoms with Crippen LogP contribution in [-0.4, -0.2) is 58.1 Å². The van der Waals surface area contributed by atoms with Crippen LogP contribution in [0.2, 0.25) is 0 Å². The second kappa shape index (κ2) is 7.38. The Hall–Kier alpha value is -2.83. The molecule has 132 valence electrons. The van der Waals surface area contributed by atoms with E-state index in [1.54, 1.807) is 42.1 Å². The topological polar surface area (TPSA) is 67.7 Å². The molecule has 7 nitrogen and oxygen atoms in total. The zero-order chi connectivity index (χ0) is 17.8. The van der Waals surface area contributed by atoms with Gasteiger partial charge >= 0.3 is 0 Å². The van der Waals surface area contributed by atoms with Gasteiger partial charge in [-0.05, 0) is 12.1 Å². The van der Waals surface area contributed by atoms with Crippen molar-refractivity contribution in [2.75, 3.05) is 26.7 Å². The van der Waals surface area contributed by atoms with E-state index in [-0.39, 0.29) is 24.4 Å². The van der Waals surface area contributed by atoms with Crippen molar-refractivity contribution in [1.29, 1.82) is 0 Å². The Bertz CT molecular complexity index is 745. The number of benzene rings is 1. The quantitative estimate of drug-likeness (QED) is 0.840. The molecule has 0 bridgehead atoms. The molecule has 1 aliphatic heterocycles. The normalized spacial score (nSPS) is 17.4. The number of para-hydroxylation sites is 1. The van der Waals surface area contributed by atoms with Crippen molar-refractivity contribution >= 4 is 11.8 Å². The molecule has 1 saturated heterocycles. The Labute approximate surface area is 146 Å². The first-order valence-corrected chi connectivity index (χ1v) is 8.25. The van der Waals surface area contributed by atoms with Crippen LogP contribution in [-0.2, 0) is 16.1 Å². The Morgan fingerprint density at radius 2 is 2.04 bits per heavy atom. The van der Waals surface area contributed by atoms with Gasteiger partial charge in [-0.2, -0.15) is 5.10 Å². The third-order valence-electron chi connectivity index (χ3n) is 4.50. The minimum atomic E-state index is -0.239. The number of hydrogen-bond donors (Lipinski definition) is 0. The average molecular weight is 342 g/mol. The molecule has 1 unspecified atom stereocenters. The molecule has 0 spiro atoms. The Morgan fingerprint density at radius 3 is 2.72 bits per heavy atom. The zero-order valence-corrected chi connectivity index (χ0v) is 14.5. The molecule has 2 aromatic rings. The monoisotopic (exact) mass is 342 g/mol. The van der Waals surface area contributed by atoms with Crippen LogP contribution >= 0.6 is 0 Å². The van der Waals surface area contributed by atoms with E-state index >= 15 is 0 Å². The highest BCUT2D eigenvalue weighted by molar-refractivity contribution is 5.78. The number of methoxy groups -OCH3 is 1. The summed E-state index contributed by atoms with van der Waals surface area (Å²) < 4.78 is 7.08. The highest BCUT2D eigenvalue weighted by Crippen LogP contribution is 2.32. The summed E-state index contributed by atoms with van der Waals surface area (Å²) in [7, 11) is 1.61. The summed E-state index contributed by atoms with van der Waals surface area (Å²) in [6.45, 7) is 3.22.